The maximum Gasteiger partial charge on any atom is 0.220 e. The molecular formula is C12H21N3O2. The van der Waals surface area contributed by atoms with E-state index >= 15 is 0 Å². The van der Waals surface area contributed by atoms with Crippen molar-refractivity contribution in [3.63, 3.8) is 0 Å². The highest BCUT2D eigenvalue weighted by atomic mass is 16.5. The molecule has 1 heterocycles. The summed E-state index contributed by atoms with van der Waals surface area (Å²) in [7, 11) is 0. The number of aromatic nitrogens is 2. The summed E-state index contributed by atoms with van der Waals surface area (Å²) in [5, 5.41) is 3.26. The van der Waals surface area contributed by atoms with E-state index in [0.29, 0.717) is 24.4 Å². The van der Waals surface area contributed by atoms with E-state index in [1.54, 1.807) is 6.07 Å². The normalized spacial score (nSPS) is 10.9. The number of hydrogen-bond acceptors (Lipinski definition) is 5. The third kappa shape index (κ3) is 6.06. The molecule has 0 unspecified atom stereocenters. The van der Waals surface area contributed by atoms with Gasteiger partial charge in [0.05, 0.1) is 12.2 Å². The standard InChI is InChI=1S/C12H21N3O2/c1-9(2)13-5-6-16-11-7-12(15-8-14-11)17-10(3)4/h7-10,13H,5-6H2,1-4H3. The molecule has 0 aliphatic rings. The predicted octanol–water partition coefficient (Wildman–Crippen LogP) is 1.64. The van der Waals surface area contributed by atoms with Crippen molar-refractivity contribution in [1.82, 2.24) is 15.3 Å². The molecule has 1 N–H and O–H groups in total. The minimum atomic E-state index is 0.0976. The Balaban J connectivity index is 2.37. The second-order valence-corrected chi connectivity index (χ2v) is 4.32. The molecule has 1 aromatic rings. The summed E-state index contributed by atoms with van der Waals surface area (Å²) < 4.78 is 10.9. The first-order valence-corrected chi connectivity index (χ1v) is 5.93. The van der Waals surface area contributed by atoms with Gasteiger partial charge in [-0.05, 0) is 13.8 Å². The topological polar surface area (TPSA) is 56.3 Å². The van der Waals surface area contributed by atoms with Crippen LogP contribution in [0.5, 0.6) is 11.8 Å². The zero-order valence-electron chi connectivity index (χ0n) is 10.9. The fraction of sp³-hybridized carbons (Fsp3) is 0.667. The van der Waals surface area contributed by atoms with E-state index in [1.807, 2.05) is 13.8 Å². The third-order valence-corrected chi connectivity index (χ3v) is 1.88. The summed E-state index contributed by atoms with van der Waals surface area (Å²) in [5.74, 6) is 1.09. The molecule has 0 radical (unpaired) electrons. The van der Waals surface area contributed by atoms with Gasteiger partial charge in [0.1, 0.15) is 12.9 Å². The van der Waals surface area contributed by atoms with E-state index in [1.165, 1.54) is 6.33 Å². The van der Waals surface area contributed by atoms with Crippen LogP contribution in [0, 0.1) is 0 Å². The van der Waals surface area contributed by atoms with E-state index in [4.69, 9.17) is 9.47 Å². The third-order valence-electron chi connectivity index (χ3n) is 1.88. The number of ether oxygens (including phenoxy) is 2. The molecule has 0 spiro atoms. The van der Waals surface area contributed by atoms with Gasteiger partial charge < -0.3 is 14.8 Å². The summed E-state index contributed by atoms with van der Waals surface area (Å²) in [4.78, 5) is 8.03. The molecule has 0 saturated heterocycles. The van der Waals surface area contributed by atoms with Crippen molar-refractivity contribution >= 4 is 0 Å². The van der Waals surface area contributed by atoms with Crippen LogP contribution in [0.4, 0.5) is 0 Å². The molecule has 0 aromatic carbocycles. The smallest absolute Gasteiger partial charge is 0.220 e. The molecule has 0 amide bonds. The largest absolute Gasteiger partial charge is 0.476 e. The van der Waals surface area contributed by atoms with Crippen molar-refractivity contribution in [2.24, 2.45) is 0 Å². The average molecular weight is 239 g/mol. The molecule has 1 rings (SSSR count). The van der Waals surface area contributed by atoms with Gasteiger partial charge in [0, 0.05) is 12.6 Å². The van der Waals surface area contributed by atoms with E-state index < -0.39 is 0 Å². The highest BCUT2D eigenvalue weighted by Gasteiger charge is 2.02. The molecule has 5 heteroatoms. The maximum atomic E-state index is 5.49. The van der Waals surface area contributed by atoms with Crippen molar-refractivity contribution in [1.29, 1.82) is 0 Å². The molecule has 17 heavy (non-hydrogen) atoms. The first-order valence-electron chi connectivity index (χ1n) is 5.93. The van der Waals surface area contributed by atoms with Crippen LogP contribution in [0.2, 0.25) is 0 Å². The highest BCUT2D eigenvalue weighted by molar-refractivity contribution is 5.18. The molecule has 0 bridgehead atoms. The molecule has 0 atom stereocenters. The second kappa shape index (κ2) is 7.06. The quantitative estimate of drug-likeness (QED) is 0.733. The van der Waals surface area contributed by atoms with E-state index in [2.05, 4.69) is 29.1 Å². The van der Waals surface area contributed by atoms with E-state index in [-0.39, 0.29) is 6.10 Å². The Morgan fingerprint density at radius 3 is 2.53 bits per heavy atom. The lowest BCUT2D eigenvalue weighted by Gasteiger charge is -2.11. The van der Waals surface area contributed by atoms with Crippen LogP contribution in [0.25, 0.3) is 0 Å². The first kappa shape index (κ1) is 13.7. The Labute approximate surface area is 103 Å². The van der Waals surface area contributed by atoms with Crippen molar-refractivity contribution in [3.05, 3.63) is 12.4 Å². The van der Waals surface area contributed by atoms with Gasteiger partial charge in [-0.3, -0.25) is 0 Å². The van der Waals surface area contributed by atoms with Crippen molar-refractivity contribution in [3.8, 4) is 11.8 Å². The Morgan fingerprint density at radius 2 is 1.88 bits per heavy atom. The molecular weight excluding hydrogens is 218 g/mol. The minimum Gasteiger partial charge on any atom is -0.476 e. The minimum absolute atomic E-state index is 0.0976. The van der Waals surface area contributed by atoms with Gasteiger partial charge in [0.25, 0.3) is 0 Å². The number of nitrogens with zero attached hydrogens (tertiary/aromatic N) is 2. The molecule has 0 aliphatic heterocycles. The van der Waals surface area contributed by atoms with Crippen LogP contribution in [-0.2, 0) is 0 Å². The van der Waals surface area contributed by atoms with Gasteiger partial charge in [-0.2, -0.15) is 0 Å². The predicted molar refractivity (Wildman–Crippen MR) is 66.4 cm³/mol. The van der Waals surface area contributed by atoms with Crippen molar-refractivity contribution in [2.45, 2.75) is 39.8 Å². The lowest BCUT2D eigenvalue weighted by molar-refractivity contribution is 0.228. The summed E-state index contributed by atoms with van der Waals surface area (Å²) in [6, 6.07) is 2.17. The van der Waals surface area contributed by atoms with Crippen LogP contribution in [0.3, 0.4) is 0 Å². The molecule has 0 saturated carbocycles. The second-order valence-electron chi connectivity index (χ2n) is 4.32. The molecule has 0 fully saturated rings. The summed E-state index contributed by atoms with van der Waals surface area (Å²) in [5.41, 5.74) is 0. The number of nitrogens with one attached hydrogen (secondary N) is 1. The molecule has 0 aliphatic carbocycles. The van der Waals surface area contributed by atoms with Crippen LogP contribution in [-0.4, -0.2) is 35.3 Å². The van der Waals surface area contributed by atoms with Gasteiger partial charge >= 0.3 is 0 Å². The Morgan fingerprint density at radius 1 is 1.18 bits per heavy atom. The zero-order valence-corrected chi connectivity index (χ0v) is 10.9. The van der Waals surface area contributed by atoms with Crippen LogP contribution in [0.1, 0.15) is 27.7 Å². The lowest BCUT2D eigenvalue weighted by atomic mass is 10.4. The number of hydrogen-bond donors (Lipinski definition) is 1. The average Bonchev–Trinajstić information content (AvgIpc) is 2.24. The monoisotopic (exact) mass is 239 g/mol. The zero-order chi connectivity index (χ0) is 12.7. The summed E-state index contributed by atoms with van der Waals surface area (Å²) >= 11 is 0. The Bertz CT molecular complexity index is 329. The first-order chi connectivity index (χ1) is 8.08. The molecule has 5 nitrogen and oxygen atoms in total. The van der Waals surface area contributed by atoms with Gasteiger partial charge in [0.2, 0.25) is 11.8 Å². The van der Waals surface area contributed by atoms with E-state index in [9.17, 15) is 0 Å². The SMILES string of the molecule is CC(C)NCCOc1cc(OC(C)C)ncn1. The Hall–Kier alpha value is -1.36. The Kier molecular flexibility index (Phi) is 5.69. The highest BCUT2D eigenvalue weighted by Crippen LogP contribution is 2.14. The van der Waals surface area contributed by atoms with Crippen molar-refractivity contribution < 1.29 is 9.47 Å². The van der Waals surface area contributed by atoms with Crippen molar-refractivity contribution in [2.75, 3.05) is 13.2 Å². The summed E-state index contributed by atoms with van der Waals surface area (Å²) in [6.07, 6.45) is 1.54. The molecule has 96 valence electrons. The summed E-state index contributed by atoms with van der Waals surface area (Å²) in [6.45, 7) is 9.47. The van der Waals surface area contributed by atoms with Gasteiger partial charge in [-0.15, -0.1) is 0 Å². The van der Waals surface area contributed by atoms with Gasteiger partial charge in [0.15, 0.2) is 0 Å². The maximum absolute atomic E-state index is 5.49. The fourth-order valence-corrected chi connectivity index (χ4v) is 1.21. The number of rotatable bonds is 7. The van der Waals surface area contributed by atoms with Gasteiger partial charge in [-0.25, -0.2) is 9.97 Å². The lowest BCUT2D eigenvalue weighted by Crippen LogP contribution is -2.27. The van der Waals surface area contributed by atoms with Crippen LogP contribution in [0.15, 0.2) is 12.4 Å². The molecule has 1 aromatic heterocycles. The van der Waals surface area contributed by atoms with E-state index in [0.717, 1.165) is 6.54 Å². The van der Waals surface area contributed by atoms with Crippen LogP contribution < -0.4 is 14.8 Å². The van der Waals surface area contributed by atoms with Crippen LogP contribution >= 0.6 is 0 Å². The van der Waals surface area contributed by atoms with Gasteiger partial charge in [-0.1, -0.05) is 13.8 Å². The fourth-order valence-electron chi connectivity index (χ4n) is 1.21.